The van der Waals surface area contributed by atoms with E-state index in [2.05, 4.69) is 29.5 Å². The fourth-order valence-electron chi connectivity index (χ4n) is 3.69. The summed E-state index contributed by atoms with van der Waals surface area (Å²) in [5.41, 5.74) is 3.32. The van der Waals surface area contributed by atoms with Gasteiger partial charge in [-0.2, -0.15) is 0 Å². The Morgan fingerprint density at radius 1 is 1.35 bits per heavy atom. The van der Waals surface area contributed by atoms with Crippen LogP contribution in [-0.2, 0) is 6.54 Å². The molecule has 1 aromatic carbocycles. The lowest BCUT2D eigenvalue weighted by Crippen LogP contribution is -2.43. The number of rotatable bonds is 0. The molecule has 1 aromatic heterocycles. The van der Waals surface area contributed by atoms with Gasteiger partial charge in [-0.15, -0.1) is 0 Å². The monoisotopic (exact) mass is 290 g/mol. The summed E-state index contributed by atoms with van der Waals surface area (Å²) in [6.45, 7) is 4.16. The lowest BCUT2D eigenvalue weighted by molar-refractivity contribution is 0.234. The van der Waals surface area contributed by atoms with Crippen LogP contribution in [0.25, 0.3) is 16.5 Å². The molecule has 0 amide bonds. The second-order valence-electron chi connectivity index (χ2n) is 6.00. The van der Waals surface area contributed by atoms with E-state index in [0.717, 1.165) is 29.6 Å². The predicted molar refractivity (Wildman–Crippen MR) is 80.5 cm³/mol. The predicted octanol–water partition coefficient (Wildman–Crippen LogP) is 3.78. The Morgan fingerprint density at radius 3 is 2.95 bits per heavy atom. The topological polar surface area (TPSA) is 8.17 Å². The minimum absolute atomic E-state index is 0.235. The van der Waals surface area contributed by atoms with E-state index in [4.69, 9.17) is 11.6 Å². The molecule has 0 bridgehead atoms. The Labute approximate surface area is 122 Å². The fraction of sp³-hybridized carbons (Fsp3) is 0.375. The minimum Gasteiger partial charge on any atom is -0.345 e. The third-order valence-corrected chi connectivity index (χ3v) is 4.93. The van der Waals surface area contributed by atoms with Crippen LogP contribution in [0.2, 0.25) is 5.02 Å². The Morgan fingerprint density at radius 2 is 2.15 bits per heavy atom. The van der Waals surface area contributed by atoms with Gasteiger partial charge >= 0.3 is 0 Å². The summed E-state index contributed by atoms with van der Waals surface area (Å²) in [5, 5.41) is 1.06. The number of aromatic nitrogens is 1. The zero-order valence-corrected chi connectivity index (χ0v) is 12.3. The van der Waals surface area contributed by atoms with Crippen LogP contribution in [0.5, 0.6) is 0 Å². The second-order valence-corrected chi connectivity index (χ2v) is 6.38. The summed E-state index contributed by atoms with van der Waals surface area (Å²) in [7, 11) is 2.14. The molecule has 0 unspecified atom stereocenters. The van der Waals surface area contributed by atoms with Crippen molar-refractivity contribution in [3.63, 3.8) is 0 Å². The van der Waals surface area contributed by atoms with Crippen LogP contribution in [0.3, 0.4) is 0 Å². The molecule has 0 aliphatic carbocycles. The van der Waals surface area contributed by atoms with Gasteiger partial charge in [-0.25, -0.2) is 4.39 Å². The summed E-state index contributed by atoms with van der Waals surface area (Å²) in [4.78, 5) is 2.36. The molecule has 2 aromatic rings. The van der Waals surface area contributed by atoms with E-state index in [1.807, 2.05) is 12.3 Å². The van der Waals surface area contributed by atoms with Crippen molar-refractivity contribution in [2.75, 3.05) is 13.6 Å². The Balaban J connectivity index is 2.06. The molecular formula is C16H16ClFN2. The summed E-state index contributed by atoms with van der Waals surface area (Å²) in [6.07, 6.45) is 4.31. The van der Waals surface area contributed by atoms with Crippen molar-refractivity contribution in [3.05, 3.63) is 40.8 Å². The summed E-state index contributed by atoms with van der Waals surface area (Å²) in [6, 6.07) is 3.85. The standard InChI is InChI=1S/C16H16ClFN2/c1-9-5-11-12-6-13(18)15(17)10-3-4-20(16(10)12)8-14(11)19(2)7-9/h3-6,9,14H,7-8H2,1-2H3/t9-,14-/m1/s1. The van der Waals surface area contributed by atoms with Gasteiger partial charge in [0.2, 0.25) is 0 Å². The molecule has 0 saturated carbocycles. The van der Waals surface area contributed by atoms with Gasteiger partial charge in [0.1, 0.15) is 5.82 Å². The number of hydrogen-bond donors (Lipinski definition) is 0. The lowest BCUT2D eigenvalue weighted by Gasteiger charge is -2.39. The van der Waals surface area contributed by atoms with Crippen LogP contribution in [-0.4, -0.2) is 29.1 Å². The van der Waals surface area contributed by atoms with Gasteiger partial charge in [-0.05, 0) is 30.7 Å². The molecule has 3 heterocycles. The van der Waals surface area contributed by atoms with Crippen LogP contribution in [0.15, 0.2) is 24.4 Å². The van der Waals surface area contributed by atoms with Crippen molar-refractivity contribution in [1.29, 1.82) is 0 Å². The molecule has 4 rings (SSSR count). The van der Waals surface area contributed by atoms with Gasteiger partial charge in [0, 0.05) is 30.2 Å². The summed E-state index contributed by atoms with van der Waals surface area (Å²) >= 11 is 6.11. The molecule has 2 atom stereocenters. The minimum atomic E-state index is -0.325. The average Bonchev–Trinajstić information content (AvgIpc) is 2.81. The van der Waals surface area contributed by atoms with E-state index < -0.39 is 0 Å². The van der Waals surface area contributed by atoms with E-state index in [9.17, 15) is 4.39 Å². The van der Waals surface area contributed by atoms with Gasteiger partial charge in [0.05, 0.1) is 16.6 Å². The van der Waals surface area contributed by atoms with Crippen LogP contribution < -0.4 is 0 Å². The fourth-order valence-corrected chi connectivity index (χ4v) is 3.90. The molecule has 0 fully saturated rings. The molecule has 0 spiro atoms. The molecule has 104 valence electrons. The van der Waals surface area contributed by atoms with Crippen molar-refractivity contribution in [1.82, 2.24) is 9.47 Å². The van der Waals surface area contributed by atoms with Crippen LogP contribution in [0, 0.1) is 11.7 Å². The molecule has 0 N–H and O–H groups in total. The van der Waals surface area contributed by atoms with Gasteiger partial charge in [0.15, 0.2) is 0 Å². The van der Waals surface area contributed by atoms with Crippen molar-refractivity contribution < 1.29 is 4.39 Å². The number of halogens is 2. The number of nitrogens with zero attached hydrogens (tertiary/aromatic N) is 2. The first-order valence-electron chi connectivity index (χ1n) is 6.95. The smallest absolute Gasteiger partial charge is 0.143 e. The molecule has 2 nitrogen and oxygen atoms in total. The van der Waals surface area contributed by atoms with E-state index in [1.54, 1.807) is 6.07 Å². The first kappa shape index (κ1) is 12.4. The lowest BCUT2D eigenvalue weighted by atomic mass is 9.86. The normalized spacial score (nSPS) is 25.7. The van der Waals surface area contributed by atoms with Gasteiger partial charge < -0.3 is 4.57 Å². The first-order valence-corrected chi connectivity index (χ1v) is 7.33. The zero-order valence-electron chi connectivity index (χ0n) is 11.5. The second kappa shape index (κ2) is 4.09. The highest BCUT2D eigenvalue weighted by Gasteiger charge is 2.33. The Bertz CT molecular complexity index is 747. The van der Waals surface area contributed by atoms with E-state index in [1.165, 1.54) is 5.57 Å². The highest BCUT2D eigenvalue weighted by molar-refractivity contribution is 6.36. The number of likely N-dealkylation sites (N-methyl/N-ethyl adjacent to an activating group) is 1. The third kappa shape index (κ3) is 1.54. The van der Waals surface area contributed by atoms with Crippen molar-refractivity contribution >= 4 is 28.1 Å². The van der Waals surface area contributed by atoms with E-state index in [0.29, 0.717) is 12.0 Å². The molecule has 2 aliphatic heterocycles. The maximum absolute atomic E-state index is 14.1. The average molecular weight is 291 g/mol. The zero-order chi connectivity index (χ0) is 14.0. The number of fused-ring (bicyclic) bond motifs is 2. The molecule has 2 aliphatic rings. The third-order valence-electron chi connectivity index (χ3n) is 4.55. The summed E-state index contributed by atoms with van der Waals surface area (Å²) < 4.78 is 16.3. The van der Waals surface area contributed by atoms with Crippen LogP contribution >= 0.6 is 11.6 Å². The molecule has 0 saturated heterocycles. The largest absolute Gasteiger partial charge is 0.345 e. The number of hydrogen-bond acceptors (Lipinski definition) is 1. The number of benzene rings is 1. The maximum Gasteiger partial charge on any atom is 0.143 e. The van der Waals surface area contributed by atoms with E-state index in [-0.39, 0.29) is 10.8 Å². The van der Waals surface area contributed by atoms with Gasteiger partial charge in [0.25, 0.3) is 0 Å². The summed E-state index contributed by atoms with van der Waals surface area (Å²) in [5.74, 6) is 0.163. The highest BCUT2D eigenvalue weighted by atomic mass is 35.5. The quantitative estimate of drug-likeness (QED) is 0.717. The van der Waals surface area contributed by atoms with Crippen molar-refractivity contribution in [2.45, 2.75) is 19.5 Å². The first-order chi connectivity index (χ1) is 9.56. The molecule has 20 heavy (non-hydrogen) atoms. The maximum atomic E-state index is 14.1. The Kier molecular flexibility index (Phi) is 2.54. The van der Waals surface area contributed by atoms with Crippen molar-refractivity contribution in [2.24, 2.45) is 5.92 Å². The molecule has 4 heteroatoms. The van der Waals surface area contributed by atoms with Gasteiger partial charge in [-0.1, -0.05) is 24.6 Å². The van der Waals surface area contributed by atoms with Crippen molar-refractivity contribution in [3.8, 4) is 0 Å². The molecular weight excluding hydrogens is 275 g/mol. The van der Waals surface area contributed by atoms with Gasteiger partial charge in [-0.3, -0.25) is 4.90 Å². The van der Waals surface area contributed by atoms with Crippen LogP contribution in [0.1, 0.15) is 12.5 Å². The SMILES string of the molecule is C[C@@H]1C=C2c3cc(F)c(Cl)c4ccn(c34)C[C@H]2N(C)C1. The molecule has 0 radical (unpaired) electrons. The van der Waals surface area contributed by atoms with Crippen LogP contribution in [0.4, 0.5) is 4.39 Å². The Hall–Kier alpha value is -1.32. The highest BCUT2D eigenvalue weighted by Crippen LogP contribution is 2.41. The van der Waals surface area contributed by atoms with E-state index >= 15 is 0 Å².